The number of amides is 2. The summed E-state index contributed by atoms with van der Waals surface area (Å²) < 4.78 is 38.3. The lowest BCUT2D eigenvalue weighted by Crippen LogP contribution is -2.51. The van der Waals surface area contributed by atoms with E-state index in [1.54, 1.807) is 25.1 Å². The highest BCUT2D eigenvalue weighted by molar-refractivity contribution is 7.92. The average Bonchev–Trinajstić information content (AvgIpc) is 2.88. The van der Waals surface area contributed by atoms with E-state index in [0.717, 1.165) is 16.3 Å². The molecule has 0 spiro atoms. The number of hydrogen-bond acceptors (Lipinski definition) is 6. The number of benzene rings is 2. The molecule has 0 aromatic heterocycles. The zero-order valence-corrected chi connectivity index (χ0v) is 21.2. The Morgan fingerprint density at radius 2 is 1.71 bits per heavy atom. The van der Waals surface area contributed by atoms with Gasteiger partial charge in [0.05, 0.1) is 11.4 Å². The summed E-state index contributed by atoms with van der Waals surface area (Å²) in [6, 6.07) is 13.3. The molecule has 2 aromatic rings. The third kappa shape index (κ3) is 6.66. The van der Waals surface area contributed by atoms with Crippen molar-refractivity contribution in [2.24, 2.45) is 0 Å². The zero-order chi connectivity index (χ0) is 25.4. The van der Waals surface area contributed by atoms with Gasteiger partial charge >= 0.3 is 0 Å². The SMILES string of the molecule is CCCNC(=O)C(C)N(Cc1ccccc1)C(=O)CN(c1ccc2c(c1)OCCO2)S(=O)(=O)CC. The number of nitrogens with one attached hydrogen (secondary N) is 1. The van der Waals surface area contributed by atoms with Crippen LogP contribution in [0, 0.1) is 0 Å². The van der Waals surface area contributed by atoms with E-state index in [0.29, 0.717) is 36.9 Å². The fourth-order valence-corrected chi connectivity index (χ4v) is 4.72. The second-order valence-electron chi connectivity index (χ2n) is 8.21. The molecule has 2 amide bonds. The number of ether oxygens (including phenoxy) is 2. The van der Waals surface area contributed by atoms with E-state index in [2.05, 4.69) is 5.32 Å². The molecule has 35 heavy (non-hydrogen) atoms. The minimum Gasteiger partial charge on any atom is -0.486 e. The van der Waals surface area contributed by atoms with Gasteiger partial charge in [-0.3, -0.25) is 13.9 Å². The molecule has 190 valence electrons. The van der Waals surface area contributed by atoms with Gasteiger partial charge in [-0.25, -0.2) is 8.42 Å². The van der Waals surface area contributed by atoms with Gasteiger partial charge in [-0.1, -0.05) is 37.3 Å². The fraction of sp³-hybridized carbons (Fsp3) is 0.440. The molecule has 1 heterocycles. The molecule has 0 saturated heterocycles. The van der Waals surface area contributed by atoms with Gasteiger partial charge in [0.15, 0.2) is 11.5 Å². The van der Waals surface area contributed by atoms with Crippen molar-refractivity contribution in [3.8, 4) is 11.5 Å². The number of sulfonamides is 1. The van der Waals surface area contributed by atoms with Gasteiger partial charge in [-0.15, -0.1) is 0 Å². The van der Waals surface area contributed by atoms with Crippen LogP contribution in [0.4, 0.5) is 5.69 Å². The van der Waals surface area contributed by atoms with E-state index in [4.69, 9.17) is 9.47 Å². The van der Waals surface area contributed by atoms with Gasteiger partial charge in [0.2, 0.25) is 21.8 Å². The maximum atomic E-state index is 13.6. The van der Waals surface area contributed by atoms with Crippen LogP contribution in [0.5, 0.6) is 11.5 Å². The third-order valence-electron chi connectivity index (χ3n) is 5.71. The van der Waals surface area contributed by atoms with Gasteiger partial charge in [-0.05, 0) is 38.0 Å². The molecule has 1 aliphatic rings. The van der Waals surface area contributed by atoms with Crippen LogP contribution in [-0.2, 0) is 26.2 Å². The van der Waals surface area contributed by atoms with Crippen molar-refractivity contribution < 1.29 is 27.5 Å². The molecule has 1 atom stereocenters. The quantitative estimate of drug-likeness (QED) is 0.505. The first-order chi connectivity index (χ1) is 16.8. The van der Waals surface area contributed by atoms with Gasteiger partial charge in [0.25, 0.3) is 0 Å². The van der Waals surface area contributed by atoms with Crippen molar-refractivity contribution in [3.63, 3.8) is 0 Å². The maximum Gasteiger partial charge on any atom is 0.244 e. The maximum absolute atomic E-state index is 13.6. The van der Waals surface area contributed by atoms with Gasteiger partial charge < -0.3 is 19.7 Å². The lowest BCUT2D eigenvalue weighted by molar-refractivity contribution is -0.139. The average molecular weight is 504 g/mol. The van der Waals surface area contributed by atoms with E-state index in [1.165, 1.54) is 11.8 Å². The van der Waals surface area contributed by atoms with Gasteiger partial charge in [0.1, 0.15) is 25.8 Å². The first-order valence-electron chi connectivity index (χ1n) is 11.8. The predicted octanol–water partition coefficient (Wildman–Crippen LogP) is 2.56. The van der Waals surface area contributed by atoms with Crippen molar-refractivity contribution in [1.29, 1.82) is 0 Å². The number of carbonyl (C=O) groups excluding carboxylic acids is 2. The molecule has 1 N–H and O–H groups in total. The Labute approximate surface area is 207 Å². The number of nitrogens with zero attached hydrogens (tertiary/aromatic N) is 2. The lowest BCUT2D eigenvalue weighted by Gasteiger charge is -2.32. The Kier molecular flexibility index (Phi) is 8.97. The van der Waals surface area contributed by atoms with Crippen molar-refractivity contribution in [2.45, 2.75) is 39.8 Å². The standard InChI is InChI=1S/C25H33N3O6S/c1-4-13-26-25(30)19(3)27(17-20-9-7-6-8-10-20)24(29)18-28(35(31,32)5-2)21-11-12-22-23(16-21)34-15-14-33-22/h6-12,16,19H,4-5,13-15,17-18H2,1-3H3,(H,26,30). The van der Waals surface area contributed by atoms with Crippen molar-refractivity contribution >= 4 is 27.5 Å². The zero-order valence-electron chi connectivity index (χ0n) is 20.4. The molecule has 0 saturated carbocycles. The van der Waals surface area contributed by atoms with Crippen LogP contribution < -0.4 is 19.1 Å². The fourth-order valence-electron chi connectivity index (χ4n) is 3.67. The summed E-state index contributed by atoms with van der Waals surface area (Å²) in [6.07, 6.45) is 0.762. The molecule has 0 radical (unpaired) electrons. The summed E-state index contributed by atoms with van der Waals surface area (Å²) in [4.78, 5) is 27.7. The van der Waals surface area contributed by atoms with Crippen LogP contribution in [0.15, 0.2) is 48.5 Å². The van der Waals surface area contributed by atoms with Crippen LogP contribution in [0.1, 0.15) is 32.8 Å². The summed E-state index contributed by atoms with van der Waals surface area (Å²) in [5.41, 5.74) is 1.13. The Morgan fingerprint density at radius 3 is 2.37 bits per heavy atom. The highest BCUT2D eigenvalue weighted by Crippen LogP contribution is 2.35. The molecular weight excluding hydrogens is 470 g/mol. The Hall–Kier alpha value is -3.27. The van der Waals surface area contributed by atoms with Crippen LogP contribution in [-0.4, -0.2) is 63.2 Å². The number of rotatable bonds is 11. The smallest absolute Gasteiger partial charge is 0.244 e. The molecule has 0 fully saturated rings. The Morgan fingerprint density at radius 1 is 1.03 bits per heavy atom. The van der Waals surface area contributed by atoms with Gasteiger partial charge in [0, 0.05) is 19.2 Å². The van der Waals surface area contributed by atoms with Crippen molar-refractivity contribution in [1.82, 2.24) is 10.2 Å². The second-order valence-corrected chi connectivity index (χ2v) is 10.4. The summed E-state index contributed by atoms with van der Waals surface area (Å²) in [6.45, 7) is 6.08. The lowest BCUT2D eigenvalue weighted by atomic mass is 10.1. The van der Waals surface area contributed by atoms with Crippen molar-refractivity contribution in [3.05, 3.63) is 54.1 Å². The van der Waals surface area contributed by atoms with Gasteiger partial charge in [-0.2, -0.15) is 0 Å². The molecule has 3 rings (SSSR count). The summed E-state index contributed by atoms with van der Waals surface area (Å²) in [5.74, 6) is -0.0294. The number of anilines is 1. The summed E-state index contributed by atoms with van der Waals surface area (Å²) in [5, 5.41) is 2.82. The first-order valence-corrected chi connectivity index (χ1v) is 13.4. The minimum atomic E-state index is -3.81. The molecule has 2 aromatic carbocycles. The van der Waals surface area contributed by atoms with Crippen LogP contribution in [0.2, 0.25) is 0 Å². The predicted molar refractivity (Wildman–Crippen MR) is 134 cm³/mol. The Balaban J connectivity index is 1.92. The van der Waals surface area contributed by atoms with E-state index in [-0.39, 0.29) is 18.2 Å². The van der Waals surface area contributed by atoms with Crippen LogP contribution in [0.25, 0.3) is 0 Å². The highest BCUT2D eigenvalue weighted by atomic mass is 32.2. The summed E-state index contributed by atoms with van der Waals surface area (Å²) in [7, 11) is -3.81. The monoisotopic (exact) mass is 503 g/mol. The number of hydrogen-bond donors (Lipinski definition) is 1. The number of fused-ring (bicyclic) bond motifs is 1. The minimum absolute atomic E-state index is 0.168. The topological polar surface area (TPSA) is 105 Å². The largest absolute Gasteiger partial charge is 0.486 e. The molecule has 0 aliphatic carbocycles. The van der Waals surface area contributed by atoms with Crippen LogP contribution in [0.3, 0.4) is 0 Å². The highest BCUT2D eigenvalue weighted by Gasteiger charge is 2.31. The van der Waals surface area contributed by atoms with E-state index < -0.39 is 28.5 Å². The Bertz CT molecular complexity index is 1120. The first kappa shape index (κ1) is 26.3. The normalized spacial score (nSPS) is 13.6. The molecular formula is C25H33N3O6S. The molecule has 0 bridgehead atoms. The molecule has 1 unspecified atom stereocenters. The van der Waals surface area contributed by atoms with E-state index in [9.17, 15) is 18.0 Å². The molecule has 1 aliphatic heterocycles. The molecule has 9 nitrogen and oxygen atoms in total. The van der Waals surface area contributed by atoms with E-state index >= 15 is 0 Å². The van der Waals surface area contributed by atoms with Crippen LogP contribution >= 0.6 is 0 Å². The van der Waals surface area contributed by atoms with E-state index in [1.807, 2.05) is 37.3 Å². The number of carbonyl (C=O) groups is 2. The summed E-state index contributed by atoms with van der Waals surface area (Å²) >= 11 is 0. The third-order valence-corrected chi connectivity index (χ3v) is 7.45. The molecule has 10 heteroatoms. The second kappa shape index (κ2) is 11.9. The van der Waals surface area contributed by atoms with Crippen molar-refractivity contribution in [2.75, 3.05) is 36.4 Å².